The van der Waals surface area contributed by atoms with Crippen LogP contribution in [0.5, 0.6) is 0 Å². The Morgan fingerprint density at radius 2 is 2.19 bits per heavy atom. The van der Waals surface area contributed by atoms with Gasteiger partial charge in [0.05, 0.1) is 0 Å². The van der Waals surface area contributed by atoms with Crippen LogP contribution in [0.1, 0.15) is 38.5 Å². The van der Waals surface area contributed by atoms with Gasteiger partial charge in [-0.15, -0.1) is 0 Å². The molecule has 2 fully saturated rings. The Labute approximate surface area is 97.1 Å². The molecule has 1 unspecified atom stereocenters. The molecule has 16 heavy (non-hydrogen) atoms. The number of nitrogens with two attached hydrogens (primary N) is 1. The number of hydrogen-bond acceptors (Lipinski definition) is 3. The lowest BCUT2D eigenvalue weighted by Gasteiger charge is -2.37. The van der Waals surface area contributed by atoms with Crippen LogP contribution in [0, 0.1) is 0 Å². The summed E-state index contributed by atoms with van der Waals surface area (Å²) in [6.45, 7) is 2.30. The first-order valence-electron chi connectivity index (χ1n) is 6.45. The lowest BCUT2D eigenvalue weighted by Crippen LogP contribution is -2.48. The summed E-state index contributed by atoms with van der Waals surface area (Å²) in [5.74, 6) is 0.204. The van der Waals surface area contributed by atoms with Gasteiger partial charge in [0.1, 0.15) is 6.10 Å². The zero-order chi connectivity index (χ0) is 11.4. The third-order valence-electron chi connectivity index (χ3n) is 3.62. The van der Waals surface area contributed by atoms with Crippen LogP contribution in [0.25, 0.3) is 0 Å². The van der Waals surface area contributed by atoms with Crippen LogP contribution < -0.4 is 5.73 Å². The molecule has 4 nitrogen and oxygen atoms in total. The average Bonchev–Trinajstić information content (AvgIpc) is 2.83. The molecule has 2 N–H and O–H groups in total. The van der Waals surface area contributed by atoms with E-state index in [0.717, 1.165) is 45.3 Å². The van der Waals surface area contributed by atoms with E-state index >= 15 is 0 Å². The highest BCUT2D eigenvalue weighted by Crippen LogP contribution is 2.23. The van der Waals surface area contributed by atoms with Gasteiger partial charge in [-0.1, -0.05) is 0 Å². The average molecular weight is 226 g/mol. The van der Waals surface area contributed by atoms with Gasteiger partial charge < -0.3 is 15.4 Å². The summed E-state index contributed by atoms with van der Waals surface area (Å²) in [6, 6.07) is 0.357. The molecule has 0 aromatic rings. The Morgan fingerprint density at radius 3 is 2.88 bits per heavy atom. The molecule has 2 heterocycles. The van der Waals surface area contributed by atoms with Crippen LogP contribution >= 0.6 is 0 Å². The van der Waals surface area contributed by atoms with Crippen molar-refractivity contribution in [2.24, 2.45) is 5.73 Å². The molecular weight excluding hydrogens is 204 g/mol. The maximum absolute atomic E-state index is 12.2. The number of rotatable bonds is 3. The number of piperidine rings is 1. The van der Waals surface area contributed by atoms with E-state index in [2.05, 4.69) is 0 Å². The maximum Gasteiger partial charge on any atom is 0.251 e. The predicted molar refractivity (Wildman–Crippen MR) is 62.0 cm³/mol. The van der Waals surface area contributed by atoms with Crippen LogP contribution in [0.3, 0.4) is 0 Å². The molecule has 2 aliphatic rings. The van der Waals surface area contributed by atoms with Gasteiger partial charge in [0.25, 0.3) is 5.91 Å². The van der Waals surface area contributed by atoms with E-state index in [1.807, 2.05) is 4.90 Å². The monoisotopic (exact) mass is 226 g/mol. The third kappa shape index (κ3) is 2.55. The summed E-state index contributed by atoms with van der Waals surface area (Å²) in [6.07, 6.45) is 6.13. The van der Waals surface area contributed by atoms with Crippen molar-refractivity contribution in [3.8, 4) is 0 Å². The Morgan fingerprint density at radius 1 is 1.31 bits per heavy atom. The van der Waals surface area contributed by atoms with Crippen molar-refractivity contribution in [2.75, 3.05) is 19.7 Å². The highest BCUT2D eigenvalue weighted by atomic mass is 16.5. The zero-order valence-electron chi connectivity index (χ0n) is 9.86. The summed E-state index contributed by atoms with van der Waals surface area (Å²) in [7, 11) is 0. The molecule has 1 amide bonds. The number of carbonyl (C=O) groups is 1. The fourth-order valence-corrected chi connectivity index (χ4v) is 2.74. The van der Waals surface area contributed by atoms with Gasteiger partial charge in [0.2, 0.25) is 0 Å². The molecule has 0 saturated carbocycles. The molecule has 92 valence electrons. The Bertz CT molecular complexity index is 237. The summed E-state index contributed by atoms with van der Waals surface area (Å²) >= 11 is 0. The lowest BCUT2D eigenvalue weighted by atomic mass is 9.98. The van der Waals surface area contributed by atoms with Crippen molar-refractivity contribution in [2.45, 2.75) is 50.7 Å². The summed E-state index contributed by atoms with van der Waals surface area (Å²) < 4.78 is 5.47. The van der Waals surface area contributed by atoms with E-state index in [4.69, 9.17) is 10.5 Å². The van der Waals surface area contributed by atoms with E-state index in [0.29, 0.717) is 12.6 Å². The van der Waals surface area contributed by atoms with Gasteiger partial charge in [-0.05, 0) is 45.1 Å². The highest BCUT2D eigenvalue weighted by molar-refractivity contribution is 5.81. The second-order valence-corrected chi connectivity index (χ2v) is 4.76. The van der Waals surface area contributed by atoms with Crippen LogP contribution in [0.2, 0.25) is 0 Å². The normalized spacial score (nSPS) is 30.7. The van der Waals surface area contributed by atoms with Gasteiger partial charge in [0, 0.05) is 19.2 Å². The SMILES string of the molecule is NCCC1CCCCN1C(=O)[C@@H]1CCCO1. The van der Waals surface area contributed by atoms with Crippen LogP contribution in [0.4, 0.5) is 0 Å². The molecular formula is C12H22N2O2. The van der Waals surface area contributed by atoms with Crippen LogP contribution in [-0.2, 0) is 9.53 Å². The Kier molecular flexibility index (Phi) is 4.18. The zero-order valence-corrected chi connectivity index (χ0v) is 9.86. The number of hydrogen-bond donors (Lipinski definition) is 1. The minimum absolute atomic E-state index is 0.168. The fraction of sp³-hybridized carbons (Fsp3) is 0.917. The van der Waals surface area contributed by atoms with Gasteiger partial charge in [-0.3, -0.25) is 4.79 Å². The number of amides is 1. The standard InChI is InChI=1S/C12H22N2O2/c13-7-6-10-4-1-2-8-14(10)12(15)11-5-3-9-16-11/h10-11H,1-9,13H2/t10?,11-/m0/s1. The van der Waals surface area contributed by atoms with Crippen LogP contribution in [0.15, 0.2) is 0 Å². The van der Waals surface area contributed by atoms with Crippen molar-refractivity contribution >= 4 is 5.91 Å². The number of nitrogens with zero attached hydrogens (tertiary/aromatic N) is 1. The molecule has 0 aromatic heterocycles. The largest absolute Gasteiger partial charge is 0.368 e. The molecule has 2 saturated heterocycles. The molecule has 2 rings (SSSR count). The first kappa shape index (κ1) is 11.9. The summed E-state index contributed by atoms with van der Waals surface area (Å²) in [5.41, 5.74) is 5.61. The van der Waals surface area contributed by atoms with Crippen LogP contribution in [-0.4, -0.2) is 42.6 Å². The van der Waals surface area contributed by atoms with Gasteiger partial charge in [-0.25, -0.2) is 0 Å². The Hall–Kier alpha value is -0.610. The van der Waals surface area contributed by atoms with Crippen molar-refractivity contribution in [3.05, 3.63) is 0 Å². The van der Waals surface area contributed by atoms with E-state index in [1.54, 1.807) is 0 Å². The molecule has 0 radical (unpaired) electrons. The fourth-order valence-electron chi connectivity index (χ4n) is 2.74. The maximum atomic E-state index is 12.2. The Balaban J connectivity index is 1.95. The summed E-state index contributed by atoms with van der Waals surface area (Å²) in [5, 5.41) is 0. The number of ether oxygens (including phenoxy) is 1. The molecule has 2 atom stereocenters. The first-order valence-corrected chi connectivity index (χ1v) is 6.45. The molecule has 2 aliphatic heterocycles. The van der Waals surface area contributed by atoms with Crippen molar-refractivity contribution in [1.82, 2.24) is 4.90 Å². The molecule has 0 spiro atoms. The van der Waals surface area contributed by atoms with Crippen molar-refractivity contribution in [3.63, 3.8) is 0 Å². The van der Waals surface area contributed by atoms with Crippen molar-refractivity contribution in [1.29, 1.82) is 0 Å². The topological polar surface area (TPSA) is 55.6 Å². The first-order chi connectivity index (χ1) is 7.83. The minimum Gasteiger partial charge on any atom is -0.368 e. The highest BCUT2D eigenvalue weighted by Gasteiger charge is 2.33. The summed E-state index contributed by atoms with van der Waals surface area (Å²) in [4.78, 5) is 14.3. The number of carbonyl (C=O) groups excluding carboxylic acids is 1. The third-order valence-corrected chi connectivity index (χ3v) is 3.62. The quantitative estimate of drug-likeness (QED) is 0.777. The molecule has 0 bridgehead atoms. The van der Waals surface area contributed by atoms with Crippen molar-refractivity contribution < 1.29 is 9.53 Å². The van der Waals surface area contributed by atoms with Gasteiger partial charge in [-0.2, -0.15) is 0 Å². The lowest BCUT2D eigenvalue weighted by molar-refractivity contribution is -0.144. The van der Waals surface area contributed by atoms with E-state index < -0.39 is 0 Å². The van der Waals surface area contributed by atoms with Gasteiger partial charge in [0.15, 0.2) is 0 Å². The molecule has 4 heteroatoms. The van der Waals surface area contributed by atoms with E-state index in [1.165, 1.54) is 6.42 Å². The van der Waals surface area contributed by atoms with E-state index in [-0.39, 0.29) is 12.0 Å². The minimum atomic E-state index is -0.168. The van der Waals surface area contributed by atoms with Gasteiger partial charge >= 0.3 is 0 Å². The van der Waals surface area contributed by atoms with E-state index in [9.17, 15) is 4.79 Å². The smallest absolute Gasteiger partial charge is 0.251 e. The second kappa shape index (κ2) is 5.64. The predicted octanol–water partition coefficient (Wildman–Crippen LogP) is 0.895. The molecule has 0 aliphatic carbocycles. The number of likely N-dealkylation sites (tertiary alicyclic amines) is 1. The molecule has 0 aromatic carbocycles. The second-order valence-electron chi connectivity index (χ2n) is 4.76.